The van der Waals surface area contributed by atoms with Crippen LogP contribution in [0.15, 0.2) is 34.6 Å². The summed E-state index contributed by atoms with van der Waals surface area (Å²) in [5.41, 5.74) is 1.96. The van der Waals surface area contributed by atoms with Crippen LogP contribution in [0.5, 0.6) is 0 Å². The number of nitrogens with zero attached hydrogens (tertiary/aromatic N) is 2. The van der Waals surface area contributed by atoms with Crippen molar-refractivity contribution in [2.45, 2.75) is 6.92 Å². The Morgan fingerprint density at radius 1 is 1.50 bits per heavy atom. The monoisotopic (exact) mass is 163 g/mol. The zero-order valence-electron chi connectivity index (χ0n) is 6.86. The van der Waals surface area contributed by atoms with Gasteiger partial charge in [0.05, 0.1) is 10.7 Å². The van der Waals surface area contributed by atoms with E-state index in [-0.39, 0.29) is 0 Å². The second-order valence-electron chi connectivity index (χ2n) is 2.47. The molecule has 0 unspecified atom stereocenters. The fourth-order valence-corrected chi connectivity index (χ4v) is 0.924. The Morgan fingerprint density at radius 3 is 2.83 bits per heavy atom. The minimum atomic E-state index is 0.334. The lowest BCUT2D eigenvalue weighted by Crippen LogP contribution is -2.38. The highest BCUT2D eigenvalue weighted by Gasteiger charge is 2.06. The number of benzene rings is 1. The third-order valence-corrected chi connectivity index (χ3v) is 1.48. The molecule has 0 atom stereocenters. The lowest BCUT2D eigenvalue weighted by atomic mass is 10.1. The molecule has 4 nitrogen and oxygen atoms in total. The second-order valence-corrected chi connectivity index (χ2v) is 2.47. The molecule has 0 saturated heterocycles. The van der Waals surface area contributed by atoms with E-state index < -0.39 is 0 Å². The maximum absolute atomic E-state index is 5.55. The van der Waals surface area contributed by atoms with Crippen molar-refractivity contribution >= 4 is 5.84 Å². The van der Waals surface area contributed by atoms with Crippen LogP contribution in [0.25, 0.3) is 0 Å². The summed E-state index contributed by atoms with van der Waals surface area (Å²) in [6.45, 7) is 1.98. The van der Waals surface area contributed by atoms with Gasteiger partial charge in [0.1, 0.15) is 0 Å². The highest BCUT2D eigenvalue weighted by atomic mass is 15.3. The molecule has 0 spiro atoms. The zero-order valence-corrected chi connectivity index (χ0v) is 6.86. The molecule has 0 heterocycles. The average molecular weight is 163 g/mol. The smallest absolute Gasteiger partial charge is 0.284 e. The minimum Gasteiger partial charge on any atom is -0.284 e. The zero-order chi connectivity index (χ0) is 8.97. The minimum absolute atomic E-state index is 0.334. The molecule has 0 bridgehead atoms. The van der Waals surface area contributed by atoms with Gasteiger partial charge in [-0.05, 0) is 19.1 Å². The van der Waals surface area contributed by atoms with Gasteiger partial charge in [0.15, 0.2) is 0 Å². The van der Waals surface area contributed by atoms with Gasteiger partial charge in [-0.15, -0.1) is 0 Å². The molecule has 0 aliphatic carbocycles. The van der Waals surface area contributed by atoms with E-state index in [2.05, 4.69) is 10.3 Å². The molecule has 4 N–H and O–H groups in total. The Morgan fingerprint density at radius 2 is 2.25 bits per heavy atom. The molecule has 0 saturated carbocycles. The van der Waals surface area contributed by atoms with Crippen LogP contribution in [0.2, 0.25) is 0 Å². The Hall–Kier alpha value is -1.71. The molecule has 1 rings (SSSR count). The van der Waals surface area contributed by atoms with Crippen molar-refractivity contribution in [1.82, 2.24) is 0 Å². The largest absolute Gasteiger partial charge is 0.350 e. The SMILES string of the molecule is Cc1cccc(C(=[NH2+])N=NN)c1. The van der Waals surface area contributed by atoms with Crippen molar-refractivity contribution in [1.29, 1.82) is 0 Å². The van der Waals surface area contributed by atoms with Crippen molar-refractivity contribution in [3.05, 3.63) is 35.4 Å². The summed E-state index contributed by atoms with van der Waals surface area (Å²) in [7, 11) is 0. The predicted octanol–water partition coefficient (Wildman–Crippen LogP) is -0.173. The van der Waals surface area contributed by atoms with Crippen molar-refractivity contribution in [2.75, 3.05) is 0 Å². The first-order chi connectivity index (χ1) is 5.74. The Bertz CT molecular complexity index is 317. The molecule has 1 aromatic carbocycles. The summed E-state index contributed by atoms with van der Waals surface area (Å²) in [5.74, 6) is 5.20. The predicted molar refractivity (Wildman–Crippen MR) is 46.3 cm³/mol. The van der Waals surface area contributed by atoms with Gasteiger partial charge in [0, 0.05) is 5.22 Å². The number of aryl methyl sites for hydroxylation is 1. The van der Waals surface area contributed by atoms with Gasteiger partial charge in [-0.2, -0.15) is 0 Å². The molecule has 0 amide bonds. The van der Waals surface area contributed by atoms with Crippen LogP contribution in [0.4, 0.5) is 0 Å². The van der Waals surface area contributed by atoms with Crippen molar-refractivity contribution in [3.8, 4) is 0 Å². The Kier molecular flexibility index (Phi) is 2.53. The van der Waals surface area contributed by atoms with Crippen LogP contribution >= 0.6 is 0 Å². The normalized spacial score (nSPS) is 10.4. The van der Waals surface area contributed by atoms with Crippen LogP contribution in [-0.2, 0) is 0 Å². The molecule has 0 fully saturated rings. The molecule has 0 radical (unpaired) electrons. The van der Waals surface area contributed by atoms with Crippen LogP contribution in [0, 0.1) is 6.92 Å². The topological polar surface area (TPSA) is 76.3 Å². The van der Waals surface area contributed by atoms with E-state index in [0.29, 0.717) is 5.84 Å². The fraction of sp³-hybridized carbons (Fsp3) is 0.125. The standard InChI is InChI=1S/C8H10N4/c1-6-3-2-4-7(5-6)8(9)11-12-10/h2-5H,1H3,(H3,9,10,11)/p+1. The molecule has 62 valence electrons. The van der Waals surface area contributed by atoms with Crippen molar-refractivity contribution < 1.29 is 5.41 Å². The molecular weight excluding hydrogens is 152 g/mol. The number of amidine groups is 1. The van der Waals surface area contributed by atoms with Gasteiger partial charge in [-0.1, -0.05) is 17.7 Å². The van der Waals surface area contributed by atoms with Crippen LogP contribution in [0.1, 0.15) is 11.1 Å². The first kappa shape index (κ1) is 8.39. The van der Waals surface area contributed by atoms with E-state index in [9.17, 15) is 0 Å². The molecule has 0 aliphatic heterocycles. The summed E-state index contributed by atoms with van der Waals surface area (Å²) in [6.07, 6.45) is 0. The van der Waals surface area contributed by atoms with E-state index in [1.165, 1.54) is 0 Å². The molecular formula is C8H11N4+. The van der Waals surface area contributed by atoms with Gasteiger partial charge in [0.25, 0.3) is 0 Å². The first-order valence-electron chi connectivity index (χ1n) is 3.54. The highest BCUT2D eigenvalue weighted by molar-refractivity contribution is 5.94. The Labute approximate surface area is 70.6 Å². The summed E-state index contributed by atoms with van der Waals surface area (Å²) in [4.78, 5) is 0. The maximum atomic E-state index is 5.55. The lowest BCUT2D eigenvalue weighted by Gasteiger charge is -1.92. The third-order valence-electron chi connectivity index (χ3n) is 1.48. The van der Waals surface area contributed by atoms with E-state index in [1.807, 2.05) is 31.2 Å². The summed E-state index contributed by atoms with van der Waals surface area (Å²) in [5, 5.41) is 12.2. The molecule has 1 aromatic rings. The number of nitrogens with two attached hydrogens (primary N) is 2. The lowest BCUT2D eigenvalue weighted by molar-refractivity contribution is -0.114. The van der Waals surface area contributed by atoms with Gasteiger partial charge >= 0.3 is 5.84 Å². The van der Waals surface area contributed by atoms with E-state index in [4.69, 9.17) is 11.3 Å². The second kappa shape index (κ2) is 3.61. The van der Waals surface area contributed by atoms with Crippen LogP contribution in [-0.4, -0.2) is 5.84 Å². The molecule has 0 aromatic heterocycles. The number of rotatable bonds is 1. The highest BCUT2D eigenvalue weighted by Crippen LogP contribution is 2.03. The maximum Gasteiger partial charge on any atom is 0.350 e. The number of hydrogen-bond donors (Lipinski definition) is 2. The van der Waals surface area contributed by atoms with Crippen LogP contribution < -0.4 is 11.3 Å². The Balaban J connectivity index is 2.96. The van der Waals surface area contributed by atoms with Gasteiger partial charge in [-0.3, -0.25) is 11.3 Å². The summed E-state index contributed by atoms with van der Waals surface area (Å²) in [6, 6.07) is 7.67. The third kappa shape index (κ3) is 1.88. The molecule has 4 heteroatoms. The quantitative estimate of drug-likeness (QED) is 0.195. The van der Waals surface area contributed by atoms with Crippen LogP contribution in [0.3, 0.4) is 0 Å². The van der Waals surface area contributed by atoms with Crippen molar-refractivity contribution in [2.24, 2.45) is 16.2 Å². The summed E-state index contributed by atoms with van der Waals surface area (Å²) >= 11 is 0. The van der Waals surface area contributed by atoms with Gasteiger partial charge in [-0.25, -0.2) is 0 Å². The van der Waals surface area contributed by atoms with E-state index in [0.717, 1.165) is 11.1 Å². The molecule has 12 heavy (non-hydrogen) atoms. The fourth-order valence-electron chi connectivity index (χ4n) is 0.924. The van der Waals surface area contributed by atoms with Gasteiger partial charge in [0.2, 0.25) is 0 Å². The number of hydrogen-bond acceptors (Lipinski definition) is 1. The van der Waals surface area contributed by atoms with Gasteiger partial charge < -0.3 is 0 Å². The summed E-state index contributed by atoms with van der Waals surface area (Å²) < 4.78 is 0. The average Bonchev–Trinajstić information content (AvgIpc) is 2.05. The first-order valence-corrected chi connectivity index (χ1v) is 3.54. The van der Waals surface area contributed by atoms with E-state index in [1.54, 1.807) is 0 Å². The van der Waals surface area contributed by atoms with E-state index >= 15 is 0 Å². The molecule has 0 aliphatic rings. The van der Waals surface area contributed by atoms with Crippen molar-refractivity contribution in [3.63, 3.8) is 0 Å².